The highest BCUT2D eigenvalue weighted by Crippen LogP contribution is 2.28. The van der Waals surface area contributed by atoms with Crippen LogP contribution in [0.5, 0.6) is 0 Å². The maximum Gasteiger partial charge on any atom is 0.261 e. The molecule has 0 saturated carbocycles. The number of thiophene rings is 1. The molecular formula is C15H14ClN3OS. The summed E-state index contributed by atoms with van der Waals surface area (Å²) in [5.41, 5.74) is 2.06. The van der Waals surface area contributed by atoms with E-state index in [0.717, 1.165) is 26.5 Å². The van der Waals surface area contributed by atoms with Crippen LogP contribution in [0.4, 0.5) is 0 Å². The van der Waals surface area contributed by atoms with Crippen molar-refractivity contribution >= 4 is 39.1 Å². The van der Waals surface area contributed by atoms with E-state index in [1.807, 2.05) is 41.9 Å². The molecular weight excluding hydrogens is 306 g/mol. The van der Waals surface area contributed by atoms with Crippen LogP contribution in [0.2, 0.25) is 5.02 Å². The van der Waals surface area contributed by atoms with E-state index in [4.69, 9.17) is 11.6 Å². The van der Waals surface area contributed by atoms with E-state index in [1.165, 1.54) is 11.3 Å². The maximum absolute atomic E-state index is 11.8. The number of aromatic nitrogens is 2. The molecule has 3 aromatic rings. The van der Waals surface area contributed by atoms with E-state index < -0.39 is 0 Å². The van der Waals surface area contributed by atoms with Gasteiger partial charge in [0, 0.05) is 17.5 Å². The lowest BCUT2D eigenvalue weighted by atomic mass is 10.2. The first-order chi connectivity index (χ1) is 10.1. The molecule has 0 aliphatic heterocycles. The van der Waals surface area contributed by atoms with Crippen LogP contribution < -0.4 is 5.32 Å². The van der Waals surface area contributed by atoms with Gasteiger partial charge in [0.2, 0.25) is 0 Å². The van der Waals surface area contributed by atoms with E-state index in [1.54, 1.807) is 7.05 Å². The van der Waals surface area contributed by atoms with E-state index in [-0.39, 0.29) is 5.91 Å². The number of rotatable bonds is 3. The number of benzene rings is 1. The molecule has 0 unspecified atom stereocenters. The number of halogens is 1. The Morgan fingerprint density at radius 2 is 2.10 bits per heavy atom. The minimum Gasteiger partial charge on any atom is -0.354 e. The molecule has 2 heterocycles. The summed E-state index contributed by atoms with van der Waals surface area (Å²) >= 11 is 7.37. The Balaban J connectivity index is 2.00. The molecule has 0 saturated heterocycles. The van der Waals surface area contributed by atoms with E-state index >= 15 is 0 Å². The fraction of sp³-hybridized carbons (Fsp3) is 0.200. The average molecular weight is 320 g/mol. The largest absolute Gasteiger partial charge is 0.354 e. The van der Waals surface area contributed by atoms with Crippen molar-refractivity contribution in [3.8, 4) is 0 Å². The van der Waals surface area contributed by atoms with Gasteiger partial charge in [-0.2, -0.15) is 5.10 Å². The summed E-state index contributed by atoms with van der Waals surface area (Å²) in [5.74, 6) is -0.0614. The topological polar surface area (TPSA) is 46.9 Å². The average Bonchev–Trinajstić information content (AvgIpc) is 3.03. The van der Waals surface area contributed by atoms with Crippen molar-refractivity contribution in [3.63, 3.8) is 0 Å². The Morgan fingerprint density at radius 3 is 2.76 bits per heavy atom. The van der Waals surface area contributed by atoms with E-state index in [0.29, 0.717) is 11.4 Å². The van der Waals surface area contributed by atoms with Gasteiger partial charge in [-0.15, -0.1) is 11.3 Å². The molecule has 0 aliphatic carbocycles. The quantitative estimate of drug-likeness (QED) is 0.803. The minimum absolute atomic E-state index is 0.0614. The number of carbonyl (C=O) groups excluding carboxylic acids is 1. The molecule has 0 aliphatic rings. The third-order valence-electron chi connectivity index (χ3n) is 3.30. The van der Waals surface area contributed by atoms with Crippen LogP contribution in [0.25, 0.3) is 10.2 Å². The first-order valence-electron chi connectivity index (χ1n) is 6.52. The third kappa shape index (κ3) is 2.66. The van der Waals surface area contributed by atoms with Crippen molar-refractivity contribution in [2.75, 3.05) is 7.05 Å². The summed E-state index contributed by atoms with van der Waals surface area (Å²) in [4.78, 5) is 13.5. The summed E-state index contributed by atoms with van der Waals surface area (Å²) in [6, 6.07) is 9.61. The van der Waals surface area contributed by atoms with Crippen LogP contribution in [-0.2, 0) is 6.54 Å². The zero-order valence-electron chi connectivity index (χ0n) is 11.7. The van der Waals surface area contributed by atoms with Gasteiger partial charge in [0.1, 0.15) is 4.83 Å². The van der Waals surface area contributed by atoms with Crippen molar-refractivity contribution in [1.29, 1.82) is 0 Å². The Hall–Kier alpha value is -1.85. The lowest BCUT2D eigenvalue weighted by Crippen LogP contribution is -2.16. The summed E-state index contributed by atoms with van der Waals surface area (Å²) in [5, 5.41) is 8.97. The number of hydrogen-bond donors (Lipinski definition) is 1. The van der Waals surface area contributed by atoms with Gasteiger partial charge in [-0.1, -0.05) is 23.7 Å². The highest BCUT2D eigenvalue weighted by Gasteiger charge is 2.15. The molecule has 1 N–H and O–H groups in total. The molecule has 1 amide bonds. The van der Waals surface area contributed by atoms with Gasteiger partial charge in [-0.3, -0.25) is 9.48 Å². The lowest BCUT2D eigenvalue weighted by molar-refractivity contribution is 0.0967. The first-order valence-corrected chi connectivity index (χ1v) is 7.71. The molecule has 2 aromatic heterocycles. The second kappa shape index (κ2) is 5.50. The van der Waals surface area contributed by atoms with Gasteiger partial charge < -0.3 is 5.32 Å². The minimum atomic E-state index is -0.0614. The van der Waals surface area contributed by atoms with Crippen LogP contribution in [0.3, 0.4) is 0 Å². The van der Waals surface area contributed by atoms with Crippen molar-refractivity contribution in [3.05, 3.63) is 51.5 Å². The second-order valence-corrected chi connectivity index (χ2v) is 6.25. The van der Waals surface area contributed by atoms with E-state index in [9.17, 15) is 4.79 Å². The van der Waals surface area contributed by atoms with Gasteiger partial charge in [0.25, 0.3) is 5.91 Å². The molecule has 108 valence electrons. The Kier molecular flexibility index (Phi) is 3.69. The molecule has 21 heavy (non-hydrogen) atoms. The summed E-state index contributed by atoms with van der Waals surface area (Å²) in [6.45, 7) is 2.62. The van der Waals surface area contributed by atoms with Gasteiger partial charge in [-0.25, -0.2) is 0 Å². The molecule has 1 aromatic carbocycles. The van der Waals surface area contributed by atoms with Crippen LogP contribution >= 0.6 is 22.9 Å². The van der Waals surface area contributed by atoms with Gasteiger partial charge in [-0.05, 0) is 30.7 Å². The fourth-order valence-corrected chi connectivity index (χ4v) is 3.45. The molecule has 0 atom stereocenters. The fourth-order valence-electron chi connectivity index (χ4n) is 2.22. The summed E-state index contributed by atoms with van der Waals surface area (Å²) in [6.07, 6.45) is 0. The number of nitrogens with one attached hydrogen (secondary N) is 1. The molecule has 0 fully saturated rings. The van der Waals surface area contributed by atoms with Crippen LogP contribution in [0.15, 0.2) is 30.3 Å². The number of carbonyl (C=O) groups is 1. The van der Waals surface area contributed by atoms with Crippen LogP contribution in [-0.4, -0.2) is 22.7 Å². The number of hydrogen-bond acceptors (Lipinski definition) is 3. The summed E-state index contributed by atoms with van der Waals surface area (Å²) < 4.78 is 1.94. The van der Waals surface area contributed by atoms with Crippen molar-refractivity contribution in [2.24, 2.45) is 0 Å². The van der Waals surface area contributed by atoms with Crippen LogP contribution in [0.1, 0.15) is 20.9 Å². The number of nitrogens with zero attached hydrogens (tertiary/aromatic N) is 2. The first kappa shape index (κ1) is 14.1. The zero-order valence-corrected chi connectivity index (χ0v) is 13.3. The highest BCUT2D eigenvalue weighted by atomic mass is 35.5. The molecule has 6 heteroatoms. The lowest BCUT2D eigenvalue weighted by Gasteiger charge is -2.03. The number of fused-ring (bicyclic) bond motifs is 1. The third-order valence-corrected chi connectivity index (χ3v) is 4.70. The van der Waals surface area contributed by atoms with Gasteiger partial charge >= 0.3 is 0 Å². The SMILES string of the molecule is CNC(=O)c1cc2c(C)nn(Cc3ccc(Cl)cc3)c2s1. The van der Waals surface area contributed by atoms with E-state index in [2.05, 4.69) is 10.4 Å². The number of aryl methyl sites for hydroxylation is 1. The van der Waals surface area contributed by atoms with Crippen molar-refractivity contribution < 1.29 is 4.79 Å². The monoisotopic (exact) mass is 319 g/mol. The smallest absolute Gasteiger partial charge is 0.261 e. The zero-order chi connectivity index (χ0) is 15.0. The Morgan fingerprint density at radius 1 is 1.38 bits per heavy atom. The van der Waals surface area contributed by atoms with Gasteiger partial charge in [0.15, 0.2) is 0 Å². The predicted molar refractivity (Wildman–Crippen MR) is 86.3 cm³/mol. The molecule has 0 bridgehead atoms. The maximum atomic E-state index is 11.8. The molecule has 0 spiro atoms. The number of amides is 1. The second-order valence-electron chi connectivity index (χ2n) is 4.78. The van der Waals surface area contributed by atoms with Crippen molar-refractivity contribution in [1.82, 2.24) is 15.1 Å². The Bertz CT molecular complexity index is 804. The van der Waals surface area contributed by atoms with Crippen LogP contribution in [0, 0.1) is 6.92 Å². The van der Waals surface area contributed by atoms with Crippen molar-refractivity contribution in [2.45, 2.75) is 13.5 Å². The normalized spacial score (nSPS) is 11.0. The molecule has 0 radical (unpaired) electrons. The summed E-state index contributed by atoms with van der Waals surface area (Å²) in [7, 11) is 1.64. The molecule has 4 nitrogen and oxygen atoms in total. The Labute approximate surface area is 131 Å². The standard InChI is InChI=1S/C15H14ClN3OS/c1-9-12-7-13(14(20)17-2)21-15(12)19(18-9)8-10-3-5-11(16)6-4-10/h3-7H,8H2,1-2H3,(H,17,20). The van der Waals surface area contributed by atoms with Gasteiger partial charge in [0.05, 0.1) is 17.1 Å². The predicted octanol–water partition coefficient (Wildman–Crippen LogP) is 3.47. The molecule has 3 rings (SSSR count). The highest BCUT2D eigenvalue weighted by molar-refractivity contribution is 7.20.